The SMILES string of the molecule is C#CCCCCCCC#Cc1ccccc1C=O. The van der Waals surface area contributed by atoms with Crippen LogP contribution >= 0.6 is 0 Å². The normalized spacial score (nSPS) is 9.06. The number of hydrogen-bond acceptors (Lipinski definition) is 1. The van der Waals surface area contributed by atoms with E-state index in [2.05, 4.69) is 17.8 Å². The predicted molar refractivity (Wildman–Crippen MR) is 75.2 cm³/mol. The third kappa shape index (κ3) is 5.37. The molecule has 1 aromatic carbocycles. The van der Waals surface area contributed by atoms with E-state index in [0.29, 0.717) is 5.56 Å². The van der Waals surface area contributed by atoms with Crippen LogP contribution in [0.1, 0.15) is 54.4 Å². The van der Waals surface area contributed by atoms with Crippen LogP contribution in [0.5, 0.6) is 0 Å². The van der Waals surface area contributed by atoms with Gasteiger partial charge in [-0.3, -0.25) is 4.79 Å². The molecule has 0 amide bonds. The first-order valence-corrected chi connectivity index (χ1v) is 6.35. The molecule has 1 nitrogen and oxygen atoms in total. The van der Waals surface area contributed by atoms with Crippen LogP contribution in [0.25, 0.3) is 0 Å². The molecule has 1 aromatic rings. The Bertz CT molecular complexity index is 468. The lowest BCUT2D eigenvalue weighted by Gasteiger charge is -1.95. The number of rotatable bonds is 6. The summed E-state index contributed by atoms with van der Waals surface area (Å²) < 4.78 is 0. The van der Waals surface area contributed by atoms with Gasteiger partial charge in [-0.15, -0.1) is 12.3 Å². The summed E-state index contributed by atoms with van der Waals surface area (Å²) in [5, 5.41) is 0. The van der Waals surface area contributed by atoms with E-state index in [1.807, 2.05) is 18.2 Å². The monoisotopic (exact) mass is 238 g/mol. The van der Waals surface area contributed by atoms with Gasteiger partial charge in [-0.05, 0) is 18.9 Å². The minimum Gasteiger partial charge on any atom is -0.298 e. The van der Waals surface area contributed by atoms with E-state index < -0.39 is 0 Å². The van der Waals surface area contributed by atoms with Gasteiger partial charge in [-0.25, -0.2) is 0 Å². The quantitative estimate of drug-likeness (QED) is 0.418. The molecule has 0 radical (unpaired) electrons. The van der Waals surface area contributed by atoms with Gasteiger partial charge in [0.15, 0.2) is 6.29 Å². The Hall–Kier alpha value is -1.99. The minimum absolute atomic E-state index is 0.666. The Kier molecular flexibility index (Phi) is 7.10. The first-order valence-electron chi connectivity index (χ1n) is 6.35. The van der Waals surface area contributed by atoms with Gasteiger partial charge in [0.1, 0.15) is 0 Å². The van der Waals surface area contributed by atoms with E-state index in [9.17, 15) is 4.79 Å². The van der Waals surface area contributed by atoms with Crippen LogP contribution in [-0.2, 0) is 0 Å². The maximum Gasteiger partial charge on any atom is 0.151 e. The molecule has 0 aliphatic heterocycles. The molecule has 0 aliphatic rings. The number of benzene rings is 1. The average molecular weight is 238 g/mol. The molecule has 18 heavy (non-hydrogen) atoms. The van der Waals surface area contributed by atoms with Gasteiger partial charge < -0.3 is 0 Å². The lowest BCUT2D eigenvalue weighted by Crippen LogP contribution is -1.85. The van der Waals surface area contributed by atoms with Gasteiger partial charge in [0, 0.05) is 24.0 Å². The smallest absolute Gasteiger partial charge is 0.151 e. The van der Waals surface area contributed by atoms with Crippen LogP contribution in [0, 0.1) is 24.2 Å². The van der Waals surface area contributed by atoms with Crippen molar-refractivity contribution in [3.8, 4) is 24.2 Å². The second-order valence-corrected chi connectivity index (χ2v) is 4.13. The van der Waals surface area contributed by atoms with Crippen molar-refractivity contribution in [2.75, 3.05) is 0 Å². The Labute approximate surface area is 110 Å². The standard InChI is InChI=1S/C17H18O/c1-2-3-4-5-6-7-8-9-12-16-13-10-11-14-17(16)15-18/h1,10-11,13-15H,3-8H2. The molecule has 0 atom stereocenters. The molecule has 0 bridgehead atoms. The van der Waals surface area contributed by atoms with Gasteiger partial charge >= 0.3 is 0 Å². The highest BCUT2D eigenvalue weighted by molar-refractivity contribution is 5.79. The van der Waals surface area contributed by atoms with E-state index in [0.717, 1.165) is 37.5 Å². The largest absolute Gasteiger partial charge is 0.298 e. The molecule has 0 saturated carbocycles. The zero-order chi connectivity index (χ0) is 13.1. The molecular weight excluding hydrogens is 220 g/mol. The van der Waals surface area contributed by atoms with Crippen molar-refractivity contribution in [2.24, 2.45) is 0 Å². The van der Waals surface area contributed by atoms with Crippen LogP contribution in [0.15, 0.2) is 24.3 Å². The lowest BCUT2D eigenvalue weighted by molar-refractivity contribution is 0.112. The van der Waals surface area contributed by atoms with Crippen molar-refractivity contribution in [2.45, 2.75) is 38.5 Å². The third-order valence-corrected chi connectivity index (χ3v) is 2.68. The lowest BCUT2D eigenvalue weighted by atomic mass is 10.1. The molecule has 0 N–H and O–H groups in total. The van der Waals surface area contributed by atoms with Gasteiger partial charge in [0.2, 0.25) is 0 Å². The van der Waals surface area contributed by atoms with Crippen LogP contribution in [0.3, 0.4) is 0 Å². The van der Waals surface area contributed by atoms with Crippen molar-refractivity contribution in [1.29, 1.82) is 0 Å². The van der Waals surface area contributed by atoms with Crippen LogP contribution in [0.4, 0.5) is 0 Å². The molecular formula is C17H18O. The Morgan fingerprint density at radius 2 is 1.78 bits per heavy atom. The third-order valence-electron chi connectivity index (χ3n) is 2.68. The fourth-order valence-electron chi connectivity index (χ4n) is 1.67. The summed E-state index contributed by atoms with van der Waals surface area (Å²) in [6, 6.07) is 7.41. The first kappa shape index (κ1) is 14.1. The van der Waals surface area contributed by atoms with Crippen molar-refractivity contribution in [3.63, 3.8) is 0 Å². The minimum atomic E-state index is 0.666. The highest BCUT2D eigenvalue weighted by atomic mass is 16.1. The number of aldehydes is 1. The molecule has 0 saturated heterocycles. The highest BCUT2D eigenvalue weighted by Crippen LogP contribution is 2.06. The molecule has 0 spiro atoms. The van der Waals surface area contributed by atoms with Crippen molar-refractivity contribution >= 4 is 6.29 Å². The highest BCUT2D eigenvalue weighted by Gasteiger charge is 1.94. The Balaban J connectivity index is 2.29. The molecule has 1 heteroatoms. The maximum absolute atomic E-state index is 10.8. The second-order valence-electron chi connectivity index (χ2n) is 4.13. The van der Waals surface area contributed by atoms with Crippen LogP contribution in [-0.4, -0.2) is 6.29 Å². The van der Waals surface area contributed by atoms with E-state index in [1.54, 1.807) is 6.07 Å². The molecule has 1 rings (SSSR count). The summed E-state index contributed by atoms with van der Waals surface area (Å²) in [4.78, 5) is 10.8. The molecule has 0 aliphatic carbocycles. The van der Waals surface area contributed by atoms with Crippen molar-refractivity contribution in [3.05, 3.63) is 35.4 Å². The molecule has 0 fully saturated rings. The summed E-state index contributed by atoms with van der Waals surface area (Å²) in [6.45, 7) is 0. The van der Waals surface area contributed by atoms with Gasteiger partial charge in [0.05, 0.1) is 0 Å². The summed E-state index contributed by atoms with van der Waals surface area (Å²) in [6.07, 6.45) is 12.3. The van der Waals surface area contributed by atoms with Gasteiger partial charge in [-0.1, -0.05) is 42.9 Å². The Morgan fingerprint density at radius 1 is 1.06 bits per heavy atom. The van der Waals surface area contributed by atoms with Crippen LogP contribution in [0.2, 0.25) is 0 Å². The number of unbranched alkanes of at least 4 members (excludes halogenated alkanes) is 5. The number of carbonyl (C=O) groups is 1. The molecule has 0 unspecified atom stereocenters. The first-order chi connectivity index (χ1) is 8.88. The number of terminal acetylenes is 1. The number of hydrogen-bond donors (Lipinski definition) is 0. The fourth-order valence-corrected chi connectivity index (χ4v) is 1.67. The van der Waals surface area contributed by atoms with E-state index >= 15 is 0 Å². The number of carbonyl (C=O) groups excluding carboxylic acids is 1. The van der Waals surface area contributed by atoms with Crippen molar-refractivity contribution < 1.29 is 4.79 Å². The zero-order valence-corrected chi connectivity index (χ0v) is 10.6. The van der Waals surface area contributed by atoms with E-state index in [-0.39, 0.29) is 0 Å². The summed E-state index contributed by atoms with van der Waals surface area (Å²) in [7, 11) is 0. The zero-order valence-electron chi connectivity index (χ0n) is 10.6. The van der Waals surface area contributed by atoms with Gasteiger partial charge in [-0.2, -0.15) is 0 Å². The molecule has 92 valence electrons. The topological polar surface area (TPSA) is 17.1 Å². The van der Waals surface area contributed by atoms with Crippen LogP contribution < -0.4 is 0 Å². The fraction of sp³-hybridized carbons (Fsp3) is 0.353. The van der Waals surface area contributed by atoms with E-state index in [1.165, 1.54) is 12.8 Å². The Morgan fingerprint density at radius 3 is 2.50 bits per heavy atom. The summed E-state index contributed by atoms with van der Waals surface area (Å²) >= 11 is 0. The van der Waals surface area contributed by atoms with Gasteiger partial charge in [0.25, 0.3) is 0 Å². The van der Waals surface area contributed by atoms with E-state index in [4.69, 9.17) is 6.42 Å². The average Bonchev–Trinajstić information content (AvgIpc) is 2.42. The maximum atomic E-state index is 10.8. The molecule has 0 heterocycles. The summed E-state index contributed by atoms with van der Waals surface area (Å²) in [5.41, 5.74) is 1.49. The summed E-state index contributed by atoms with van der Waals surface area (Å²) in [5.74, 6) is 8.81. The van der Waals surface area contributed by atoms with Crippen molar-refractivity contribution in [1.82, 2.24) is 0 Å². The molecule has 0 aromatic heterocycles. The predicted octanol–water partition coefficient (Wildman–Crippen LogP) is 3.82. The second kappa shape index (κ2) is 9.08.